The monoisotopic (exact) mass is 221 g/mol. The molecule has 4 heteroatoms. The highest BCUT2D eigenvalue weighted by Crippen LogP contribution is 2.39. The maximum absolute atomic E-state index is 11.6. The first-order chi connectivity index (χ1) is 7.47. The summed E-state index contributed by atoms with van der Waals surface area (Å²) in [6, 6.07) is 3.68. The van der Waals surface area contributed by atoms with E-state index < -0.39 is 11.7 Å². The summed E-state index contributed by atoms with van der Waals surface area (Å²) in [5.41, 5.74) is 0.497. The lowest BCUT2D eigenvalue weighted by Gasteiger charge is -2.18. The van der Waals surface area contributed by atoms with E-state index in [1.807, 2.05) is 32.9 Å². The van der Waals surface area contributed by atoms with E-state index in [1.54, 1.807) is 12.4 Å². The van der Waals surface area contributed by atoms with Gasteiger partial charge in [0.05, 0.1) is 0 Å². The number of esters is 1. The zero-order valence-corrected chi connectivity index (χ0v) is 9.64. The van der Waals surface area contributed by atoms with Crippen LogP contribution in [0.1, 0.15) is 32.4 Å². The van der Waals surface area contributed by atoms with Gasteiger partial charge in [-0.3, -0.25) is 4.98 Å². The number of nitrogens with zero attached hydrogens (tertiary/aromatic N) is 1. The van der Waals surface area contributed by atoms with E-state index in [-0.39, 0.29) is 12.1 Å². The van der Waals surface area contributed by atoms with Crippen molar-refractivity contribution in [3.05, 3.63) is 30.1 Å². The molecule has 0 saturated carbocycles. The molecule has 1 fully saturated rings. The molecule has 1 saturated heterocycles. The van der Waals surface area contributed by atoms with Gasteiger partial charge in [-0.1, -0.05) is 0 Å². The van der Waals surface area contributed by atoms with Crippen molar-refractivity contribution in [2.24, 2.45) is 0 Å². The lowest BCUT2D eigenvalue weighted by atomic mass is 10.1. The second-order valence-electron chi connectivity index (χ2n) is 4.79. The van der Waals surface area contributed by atoms with Crippen LogP contribution in [-0.2, 0) is 14.3 Å². The third-order valence-corrected chi connectivity index (χ3v) is 2.17. The lowest BCUT2D eigenvalue weighted by Crippen LogP contribution is -2.26. The molecule has 1 aromatic heterocycles. The van der Waals surface area contributed by atoms with Gasteiger partial charge in [-0.25, -0.2) is 4.79 Å². The lowest BCUT2D eigenvalue weighted by molar-refractivity contribution is -0.156. The minimum atomic E-state index is -0.466. The molecule has 0 unspecified atom stereocenters. The highest BCUT2D eigenvalue weighted by molar-refractivity contribution is 5.78. The average molecular weight is 221 g/mol. The summed E-state index contributed by atoms with van der Waals surface area (Å²) in [4.78, 5) is 15.6. The first-order valence-corrected chi connectivity index (χ1v) is 5.25. The Morgan fingerprint density at radius 1 is 1.38 bits per heavy atom. The number of carbonyl (C=O) groups excluding carboxylic acids is 1. The van der Waals surface area contributed by atoms with Gasteiger partial charge in [-0.05, 0) is 38.5 Å². The van der Waals surface area contributed by atoms with Crippen LogP contribution in [-0.4, -0.2) is 22.7 Å². The number of aromatic nitrogens is 1. The second-order valence-corrected chi connectivity index (χ2v) is 4.79. The molecule has 2 rings (SSSR count). The molecule has 0 aliphatic carbocycles. The zero-order chi connectivity index (χ0) is 11.8. The molecule has 1 aliphatic rings. The maximum Gasteiger partial charge on any atom is 0.338 e. The molecule has 0 N–H and O–H groups in total. The Bertz CT molecular complexity index is 383. The standard InChI is InChI=1S/C12H15NO3/c1-12(2,3)16-11(14)10-9(15-10)8-4-6-13-7-5-8/h4-7,9-10H,1-3H3/t9-,10-/m1/s1. The van der Waals surface area contributed by atoms with Gasteiger partial charge in [0.2, 0.25) is 0 Å². The molecule has 86 valence electrons. The first kappa shape index (κ1) is 11.1. The molecular formula is C12H15NO3. The SMILES string of the molecule is CC(C)(C)OC(=O)[C@@H]1O[C@@H]1c1ccncc1. The van der Waals surface area contributed by atoms with Gasteiger partial charge in [0.15, 0.2) is 6.10 Å². The summed E-state index contributed by atoms with van der Waals surface area (Å²) >= 11 is 0. The fraction of sp³-hybridized carbons (Fsp3) is 0.500. The van der Waals surface area contributed by atoms with Crippen LogP contribution in [0, 0.1) is 0 Å². The predicted molar refractivity (Wildman–Crippen MR) is 57.7 cm³/mol. The number of epoxide rings is 1. The number of ether oxygens (including phenoxy) is 2. The summed E-state index contributed by atoms with van der Waals surface area (Å²) in [6.07, 6.45) is 2.74. The Morgan fingerprint density at radius 2 is 2.00 bits per heavy atom. The van der Waals surface area contributed by atoms with Crippen molar-refractivity contribution in [3.8, 4) is 0 Å². The quantitative estimate of drug-likeness (QED) is 0.565. The average Bonchev–Trinajstić information content (AvgIpc) is 2.96. The summed E-state index contributed by atoms with van der Waals surface area (Å²) in [7, 11) is 0. The van der Waals surface area contributed by atoms with Crippen molar-refractivity contribution in [2.75, 3.05) is 0 Å². The molecule has 2 heterocycles. The van der Waals surface area contributed by atoms with E-state index in [4.69, 9.17) is 9.47 Å². The number of carbonyl (C=O) groups is 1. The van der Waals surface area contributed by atoms with E-state index >= 15 is 0 Å². The van der Waals surface area contributed by atoms with Crippen LogP contribution in [0.4, 0.5) is 0 Å². The van der Waals surface area contributed by atoms with E-state index in [0.717, 1.165) is 5.56 Å². The molecule has 16 heavy (non-hydrogen) atoms. The zero-order valence-electron chi connectivity index (χ0n) is 9.64. The Balaban J connectivity index is 1.95. The largest absolute Gasteiger partial charge is 0.458 e. The molecule has 1 aliphatic heterocycles. The fourth-order valence-electron chi connectivity index (χ4n) is 1.46. The van der Waals surface area contributed by atoms with Crippen molar-refractivity contribution < 1.29 is 14.3 Å². The van der Waals surface area contributed by atoms with E-state index in [0.29, 0.717) is 0 Å². The van der Waals surface area contributed by atoms with Crippen LogP contribution < -0.4 is 0 Å². The summed E-state index contributed by atoms with van der Waals surface area (Å²) in [5, 5.41) is 0. The third-order valence-electron chi connectivity index (χ3n) is 2.17. The Hall–Kier alpha value is -1.42. The Morgan fingerprint density at radius 3 is 2.56 bits per heavy atom. The molecule has 0 aromatic carbocycles. The minimum absolute atomic E-state index is 0.169. The van der Waals surface area contributed by atoms with Crippen molar-refractivity contribution in [1.29, 1.82) is 0 Å². The van der Waals surface area contributed by atoms with Crippen molar-refractivity contribution >= 4 is 5.97 Å². The van der Waals surface area contributed by atoms with Crippen LogP contribution in [0.15, 0.2) is 24.5 Å². The summed E-state index contributed by atoms with van der Waals surface area (Å²) in [5.74, 6) is -0.297. The number of rotatable bonds is 2. The number of pyridine rings is 1. The van der Waals surface area contributed by atoms with Gasteiger partial charge >= 0.3 is 5.97 Å². The smallest absolute Gasteiger partial charge is 0.338 e. The molecule has 0 amide bonds. The van der Waals surface area contributed by atoms with Crippen LogP contribution in [0.3, 0.4) is 0 Å². The molecule has 1 aromatic rings. The van der Waals surface area contributed by atoms with Crippen LogP contribution in [0.2, 0.25) is 0 Å². The minimum Gasteiger partial charge on any atom is -0.458 e. The molecular weight excluding hydrogens is 206 g/mol. The van der Waals surface area contributed by atoms with Crippen LogP contribution in [0.25, 0.3) is 0 Å². The van der Waals surface area contributed by atoms with Crippen molar-refractivity contribution in [3.63, 3.8) is 0 Å². The summed E-state index contributed by atoms with van der Waals surface area (Å²) in [6.45, 7) is 5.53. The fourth-order valence-corrected chi connectivity index (χ4v) is 1.46. The molecule has 2 atom stereocenters. The summed E-state index contributed by atoms with van der Waals surface area (Å²) < 4.78 is 10.5. The normalized spacial score (nSPS) is 23.9. The van der Waals surface area contributed by atoms with Crippen molar-refractivity contribution in [1.82, 2.24) is 4.98 Å². The Labute approximate surface area is 94.6 Å². The number of hydrogen-bond donors (Lipinski definition) is 0. The first-order valence-electron chi connectivity index (χ1n) is 5.25. The van der Waals surface area contributed by atoms with Crippen molar-refractivity contribution in [2.45, 2.75) is 38.6 Å². The molecule has 0 radical (unpaired) electrons. The molecule has 0 spiro atoms. The van der Waals surface area contributed by atoms with Gasteiger partial charge in [0, 0.05) is 12.4 Å². The molecule has 4 nitrogen and oxygen atoms in total. The van der Waals surface area contributed by atoms with E-state index in [1.165, 1.54) is 0 Å². The second kappa shape index (κ2) is 3.87. The third kappa shape index (κ3) is 2.58. The van der Waals surface area contributed by atoms with Gasteiger partial charge in [0.1, 0.15) is 11.7 Å². The van der Waals surface area contributed by atoms with Gasteiger partial charge < -0.3 is 9.47 Å². The number of hydrogen-bond acceptors (Lipinski definition) is 4. The Kier molecular flexibility index (Phi) is 2.68. The van der Waals surface area contributed by atoms with Crippen LogP contribution in [0.5, 0.6) is 0 Å². The highest BCUT2D eigenvalue weighted by atomic mass is 16.6. The molecule has 0 bridgehead atoms. The van der Waals surface area contributed by atoms with Gasteiger partial charge in [0.25, 0.3) is 0 Å². The van der Waals surface area contributed by atoms with Gasteiger partial charge in [-0.15, -0.1) is 0 Å². The highest BCUT2D eigenvalue weighted by Gasteiger charge is 2.48. The van der Waals surface area contributed by atoms with E-state index in [2.05, 4.69) is 4.98 Å². The van der Waals surface area contributed by atoms with Gasteiger partial charge in [-0.2, -0.15) is 0 Å². The predicted octanol–water partition coefficient (Wildman–Crippen LogP) is 1.86. The maximum atomic E-state index is 11.6. The van der Waals surface area contributed by atoms with E-state index in [9.17, 15) is 4.79 Å². The topological polar surface area (TPSA) is 51.7 Å². The van der Waals surface area contributed by atoms with Crippen LogP contribution >= 0.6 is 0 Å².